The molecule has 0 spiro atoms. The molecule has 304 valence electrons. The third-order valence-electron chi connectivity index (χ3n) is 13.0. The van der Waals surface area contributed by atoms with E-state index in [2.05, 4.69) is 124 Å². The number of hydrogen-bond donors (Lipinski definition) is 0. The number of nitrogens with zero attached hydrogens (tertiary/aromatic N) is 6. The molecule has 7 nitrogen and oxygen atoms in total. The fourth-order valence-electron chi connectivity index (χ4n) is 10.1. The van der Waals surface area contributed by atoms with Gasteiger partial charge in [0.1, 0.15) is 23.0 Å². The van der Waals surface area contributed by atoms with Gasteiger partial charge in [-0.25, -0.2) is 4.98 Å². The lowest BCUT2D eigenvalue weighted by molar-refractivity contribution is -0.564. The Morgan fingerprint density at radius 1 is 0.547 bits per heavy atom. The van der Waals surface area contributed by atoms with Gasteiger partial charge in [0.05, 0.1) is 27.5 Å². The monoisotopic (exact) mass is 829 g/mol. The summed E-state index contributed by atoms with van der Waals surface area (Å²) < 4.78 is 53.1. The van der Waals surface area contributed by atoms with E-state index in [1.807, 2.05) is 90.5 Å². The fourth-order valence-corrected chi connectivity index (χ4v) is 10.1. The summed E-state index contributed by atoms with van der Waals surface area (Å²) >= 11 is 0. The Morgan fingerprint density at radius 3 is 1.95 bits per heavy atom. The van der Waals surface area contributed by atoms with Crippen molar-refractivity contribution in [1.82, 2.24) is 23.3 Å². The van der Waals surface area contributed by atoms with Crippen LogP contribution in [-0.4, -0.2) is 23.3 Å². The standard InChI is InChI=1S/C57H41N6O/c1-36-30-54(58-34-47(36)37-16-5-4-6-17-37)63-50-25-12-9-20-41(50)44-29-28-40(32-53(44)63)64-39-19-15-18-38(31-39)61-35-62(52-27-14-13-26-51(52)61)57-55-45(42-21-7-10-23-48(42)59(55)2)33-46-43-22-8-11-24-49(43)60(3)56(46)57/h4-35H,1-3H3/q+1/i9D,12D,20D,25D. The van der Waals surface area contributed by atoms with Gasteiger partial charge in [-0.15, -0.1) is 0 Å². The molecule has 0 bridgehead atoms. The second-order valence-corrected chi connectivity index (χ2v) is 16.6. The number of ether oxygens (including phenoxy) is 1. The Morgan fingerprint density at radius 2 is 1.20 bits per heavy atom. The van der Waals surface area contributed by atoms with Crippen molar-refractivity contribution in [2.24, 2.45) is 14.1 Å². The summed E-state index contributed by atoms with van der Waals surface area (Å²) in [6, 6.07) is 53.1. The van der Waals surface area contributed by atoms with Crippen LogP contribution in [0.15, 0.2) is 194 Å². The van der Waals surface area contributed by atoms with Crippen LogP contribution in [-0.2, 0) is 14.1 Å². The third kappa shape index (κ3) is 5.27. The number of rotatable bonds is 6. The Labute approximate surface area is 374 Å². The summed E-state index contributed by atoms with van der Waals surface area (Å²) in [5.41, 5.74) is 12.7. The molecule has 0 saturated carbocycles. The highest BCUT2D eigenvalue weighted by atomic mass is 16.5. The molecule has 0 saturated heterocycles. The van der Waals surface area contributed by atoms with Crippen LogP contribution in [0.2, 0.25) is 0 Å². The van der Waals surface area contributed by atoms with Gasteiger partial charge in [-0.2, -0.15) is 9.13 Å². The molecule has 7 heteroatoms. The quantitative estimate of drug-likeness (QED) is 0.157. The van der Waals surface area contributed by atoms with Crippen LogP contribution in [0.25, 0.3) is 105 Å². The normalized spacial score (nSPS) is 12.9. The SMILES string of the molecule is [2H]c1c([2H])c([2H])c2c(c1[2H])c1ccc(Oc3cccc(-n4c[n+](-c5c6c(cc7c8ccccc8n(C)c57)c5ccccc5n6C)c5ccccc54)c3)cc1n2-c1cc(C)c(-c2ccccc2)cn1. The first-order chi connectivity index (χ1) is 33.2. The maximum atomic E-state index is 9.11. The smallest absolute Gasteiger partial charge is 0.255 e. The van der Waals surface area contributed by atoms with E-state index in [4.69, 9.17) is 15.2 Å². The molecular formula is C57H41N6O+. The van der Waals surface area contributed by atoms with Gasteiger partial charge in [0, 0.05) is 81.3 Å². The highest BCUT2D eigenvalue weighted by Gasteiger charge is 2.28. The van der Waals surface area contributed by atoms with Crippen molar-refractivity contribution in [1.29, 1.82) is 0 Å². The minimum Gasteiger partial charge on any atom is -0.457 e. The first-order valence-electron chi connectivity index (χ1n) is 23.4. The van der Waals surface area contributed by atoms with Crippen molar-refractivity contribution in [3.63, 3.8) is 0 Å². The van der Waals surface area contributed by atoms with E-state index in [1.165, 1.54) is 32.6 Å². The first-order valence-corrected chi connectivity index (χ1v) is 21.4. The summed E-state index contributed by atoms with van der Waals surface area (Å²) in [7, 11) is 4.33. The zero-order valence-corrected chi connectivity index (χ0v) is 35.3. The van der Waals surface area contributed by atoms with Gasteiger partial charge in [0.15, 0.2) is 16.7 Å². The molecule has 0 aliphatic heterocycles. The van der Waals surface area contributed by atoms with Gasteiger partial charge in [-0.1, -0.05) is 103 Å². The van der Waals surface area contributed by atoms with Gasteiger partial charge < -0.3 is 13.9 Å². The van der Waals surface area contributed by atoms with E-state index in [1.54, 1.807) is 0 Å². The van der Waals surface area contributed by atoms with Crippen LogP contribution < -0.4 is 9.30 Å². The first kappa shape index (κ1) is 32.3. The Hall–Kier alpha value is -8.42. The van der Waals surface area contributed by atoms with Gasteiger partial charge >= 0.3 is 0 Å². The van der Waals surface area contributed by atoms with E-state index in [9.17, 15) is 0 Å². The second-order valence-electron chi connectivity index (χ2n) is 16.6. The van der Waals surface area contributed by atoms with Crippen LogP contribution in [0.1, 0.15) is 11.0 Å². The molecule has 5 heterocycles. The predicted molar refractivity (Wildman–Crippen MR) is 262 cm³/mol. The molecule has 0 fully saturated rings. The van der Waals surface area contributed by atoms with E-state index in [-0.39, 0.29) is 24.2 Å². The molecule has 13 rings (SSSR count). The third-order valence-corrected chi connectivity index (χ3v) is 13.0. The van der Waals surface area contributed by atoms with Crippen molar-refractivity contribution in [3.8, 4) is 39.8 Å². The molecule has 0 aliphatic rings. The van der Waals surface area contributed by atoms with Crippen LogP contribution >= 0.6 is 0 Å². The van der Waals surface area contributed by atoms with Crippen LogP contribution in [0.4, 0.5) is 0 Å². The molecule has 0 amide bonds. The van der Waals surface area contributed by atoms with Crippen LogP contribution in [0, 0.1) is 6.92 Å². The van der Waals surface area contributed by atoms with Crippen LogP contribution in [0.3, 0.4) is 0 Å². The molecule has 13 aromatic rings. The van der Waals surface area contributed by atoms with E-state index in [0.717, 1.165) is 50.1 Å². The van der Waals surface area contributed by atoms with Crippen molar-refractivity contribution < 1.29 is 14.8 Å². The van der Waals surface area contributed by atoms with Crippen LogP contribution in [0.5, 0.6) is 11.5 Å². The van der Waals surface area contributed by atoms with E-state index in [0.29, 0.717) is 39.1 Å². The molecule has 5 aromatic heterocycles. The number of aryl methyl sites for hydroxylation is 3. The number of hydrogen-bond acceptors (Lipinski definition) is 2. The number of benzene rings is 8. The summed E-state index contributed by atoms with van der Waals surface area (Å²) in [5.74, 6) is 1.70. The molecule has 0 aliphatic carbocycles. The summed E-state index contributed by atoms with van der Waals surface area (Å²) in [6.45, 7) is 2.03. The van der Waals surface area contributed by atoms with Gasteiger partial charge in [0.2, 0.25) is 0 Å². The number of pyridine rings is 1. The molecular weight excluding hydrogens is 785 g/mol. The van der Waals surface area contributed by atoms with Crippen molar-refractivity contribution in [2.45, 2.75) is 6.92 Å². The minimum absolute atomic E-state index is 0.0993. The Kier molecular flexibility index (Phi) is 6.96. The topological polar surface area (TPSA) is 45.7 Å². The van der Waals surface area contributed by atoms with E-state index >= 15 is 0 Å². The number of aromatic nitrogens is 6. The Bertz CT molecular complexity index is 4180. The maximum Gasteiger partial charge on any atom is 0.255 e. The predicted octanol–water partition coefficient (Wildman–Crippen LogP) is 13.5. The lowest BCUT2D eigenvalue weighted by atomic mass is 10.0. The fraction of sp³-hybridized carbons (Fsp3) is 0.0526. The van der Waals surface area contributed by atoms with Crippen molar-refractivity contribution in [3.05, 3.63) is 200 Å². The number of imidazole rings is 1. The Balaban J connectivity index is 0.969. The summed E-state index contributed by atoms with van der Waals surface area (Å²) in [5, 5.41) is 5.92. The summed E-state index contributed by atoms with van der Waals surface area (Å²) in [4.78, 5) is 4.92. The lowest BCUT2D eigenvalue weighted by Crippen LogP contribution is -2.30. The lowest BCUT2D eigenvalue weighted by Gasteiger charge is -2.12. The average molecular weight is 830 g/mol. The van der Waals surface area contributed by atoms with Crippen molar-refractivity contribution in [2.75, 3.05) is 0 Å². The van der Waals surface area contributed by atoms with E-state index < -0.39 is 0 Å². The molecule has 0 unspecified atom stereocenters. The van der Waals surface area contributed by atoms with Crippen molar-refractivity contribution >= 4 is 76.5 Å². The summed E-state index contributed by atoms with van der Waals surface area (Å²) in [6.07, 6.45) is 4.02. The average Bonchev–Trinajstić information content (AvgIpc) is 4.09. The molecule has 0 atom stereocenters. The molecule has 0 radical (unpaired) electrons. The number of fused-ring (bicyclic) bond motifs is 10. The second kappa shape index (κ2) is 13.8. The van der Waals surface area contributed by atoms with Gasteiger partial charge in [-0.3, -0.25) is 4.57 Å². The van der Waals surface area contributed by atoms with Gasteiger partial charge in [0.25, 0.3) is 6.33 Å². The number of para-hydroxylation sites is 5. The molecule has 0 N–H and O–H groups in total. The van der Waals surface area contributed by atoms with Gasteiger partial charge in [-0.05, 0) is 84.8 Å². The largest absolute Gasteiger partial charge is 0.457 e. The molecule has 64 heavy (non-hydrogen) atoms. The highest BCUT2D eigenvalue weighted by Crippen LogP contribution is 2.41. The zero-order chi connectivity index (χ0) is 46.1. The maximum absolute atomic E-state index is 9.11. The molecule has 8 aromatic carbocycles. The zero-order valence-electron chi connectivity index (χ0n) is 39.3. The highest BCUT2D eigenvalue weighted by molar-refractivity contribution is 6.21. The minimum atomic E-state index is -0.299.